The first-order valence-electron chi connectivity index (χ1n) is 9.37. The number of carbonyl (C=O) groups excluding carboxylic acids is 1. The molecule has 2 aromatic carbocycles. The number of sulfonamides is 1. The van der Waals surface area contributed by atoms with Gasteiger partial charge in [0.25, 0.3) is 0 Å². The zero-order valence-electron chi connectivity index (χ0n) is 17.3. The molecule has 30 heavy (non-hydrogen) atoms. The Morgan fingerprint density at radius 2 is 1.70 bits per heavy atom. The number of hydrogen-bond donors (Lipinski definition) is 1. The highest BCUT2D eigenvalue weighted by atomic mass is 32.2. The summed E-state index contributed by atoms with van der Waals surface area (Å²) in [6, 6.07) is 13.9. The van der Waals surface area contributed by atoms with Crippen LogP contribution in [0.3, 0.4) is 0 Å². The predicted octanol–water partition coefficient (Wildman–Crippen LogP) is 2.35. The fourth-order valence-corrected chi connectivity index (χ4v) is 3.59. The molecule has 0 unspecified atom stereocenters. The lowest BCUT2D eigenvalue weighted by atomic mass is 10.0. The Balaban J connectivity index is 1.63. The minimum Gasteiger partial charge on any atom is -0.324 e. The van der Waals surface area contributed by atoms with Crippen LogP contribution in [0, 0.1) is 0 Å². The molecule has 0 radical (unpaired) electrons. The summed E-state index contributed by atoms with van der Waals surface area (Å²) < 4.78 is 25.3. The van der Waals surface area contributed by atoms with Crippen LogP contribution < -0.4 is 5.32 Å². The molecular formula is C20H24N6O3S. The molecule has 158 valence electrons. The molecule has 1 heterocycles. The molecule has 0 spiro atoms. The number of amides is 1. The Morgan fingerprint density at radius 1 is 1.07 bits per heavy atom. The first kappa shape index (κ1) is 21.6. The molecular weight excluding hydrogens is 404 g/mol. The Hall–Kier alpha value is -3.11. The van der Waals surface area contributed by atoms with E-state index in [-0.39, 0.29) is 17.3 Å². The van der Waals surface area contributed by atoms with E-state index < -0.39 is 10.0 Å². The van der Waals surface area contributed by atoms with Gasteiger partial charge in [0.15, 0.2) is 0 Å². The molecule has 0 fully saturated rings. The van der Waals surface area contributed by atoms with Crippen LogP contribution in [0.25, 0.3) is 11.4 Å². The molecule has 0 aliphatic heterocycles. The van der Waals surface area contributed by atoms with E-state index in [4.69, 9.17) is 0 Å². The van der Waals surface area contributed by atoms with Crippen molar-refractivity contribution in [3.05, 3.63) is 54.1 Å². The summed E-state index contributed by atoms with van der Waals surface area (Å²) in [5, 5.41) is 14.9. The van der Waals surface area contributed by atoms with Crippen molar-refractivity contribution >= 4 is 21.6 Å². The molecule has 0 aliphatic rings. The molecule has 0 saturated heterocycles. The molecule has 0 atom stereocenters. The lowest BCUT2D eigenvalue weighted by molar-refractivity contribution is -0.117. The number of tetrazole rings is 1. The van der Waals surface area contributed by atoms with E-state index in [1.165, 1.54) is 48.7 Å². The van der Waals surface area contributed by atoms with E-state index in [0.29, 0.717) is 17.4 Å². The van der Waals surface area contributed by atoms with Crippen molar-refractivity contribution in [2.24, 2.45) is 0 Å². The molecule has 0 bridgehead atoms. The molecule has 3 rings (SSSR count). The number of rotatable bonds is 7. The van der Waals surface area contributed by atoms with Gasteiger partial charge in [0, 0.05) is 25.3 Å². The van der Waals surface area contributed by atoms with E-state index in [2.05, 4.69) is 34.6 Å². The van der Waals surface area contributed by atoms with Gasteiger partial charge in [-0.05, 0) is 41.0 Å². The highest BCUT2D eigenvalue weighted by molar-refractivity contribution is 7.89. The standard InChI is InChI=1S/C20H24N6O3S/c1-14(2)15-5-7-16(8-6-15)20-22-24-26(23-20)13-19(27)21-17-9-11-18(12-10-17)30(28,29)25(3)4/h5-12,14H,13H2,1-4H3,(H,21,27). The third kappa shape index (κ3) is 4.89. The van der Waals surface area contributed by atoms with E-state index in [1.54, 1.807) is 0 Å². The second-order valence-electron chi connectivity index (χ2n) is 7.28. The van der Waals surface area contributed by atoms with Gasteiger partial charge in [-0.1, -0.05) is 38.1 Å². The monoisotopic (exact) mass is 428 g/mol. The van der Waals surface area contributed by atoms with Crippen LogP contribution in [0.4, 0.5) is 5.69 Å². The van der Waals surface area contributed by atoms with E-state index >= 15 is 0 Å². The Kier molecular flexibility index (Phi) is 6.28. The lowest BCUT2D eigenvalue weighted by Crippen LogP contribution is -2.22. The Morgan fingerprint density at radius 3 is 2.27 bits per heavy atom. The number of hydrogen-bond acceptors (Lipinski definition) is 6. The average Bonchev–Trinajstić information content (AvgIpc) is 3.16. The molecule has 0 aliphatic carbocycles. The van der Waals surface area contributed by atoms with E-state index in [0.717, 1.165) is 9.87 Å². The summed E-state index contributed by atoms with van der Waals surface area (Å²) in [6.07, 6.45) is 0. The topological polar surface area (TPSA) is 110 Å². The van der Waals surface area contributed by atoms with Crippen LogP contribution in [0.1, 0.15) is 25.3 Å². The maximum Gasteiger partial charge on any atom is 0.248 e. The number of anilines is 1. The van der Waals surface area contributed by atoms with Crippen LogP contribution in [0.5, 0.6) is 0 Å². The Labute approximate surface area is 175 Å². The SMILES string of the molecule is CC(C)c1ccc(-c2nnn(CC(=O)Nc3ccc(S(=O)(=O)N(C)C)cc3)n2)cc1. The number of aromatic nitrogens is 4. The first-order valence-corrected chi connectivity index (χ1v) is 10.8. The van der Waals surface area contributed by atoms with Crippen molar-refractivity contribution in [3.63, 3.8) is 0 Å². The minimum atomic E-state index is -3.51. The maximum absolute atomic E-state index is 12.3. The van der Waals surface area contributed by atoms with Crippen molar-refractivity contribution in [2.75, 3.05) is 19.4 Å². The van der Waals surface area contributed by atoms with Crippen molar-refractivity contribution in [2.45, 2.75) is 31.2 Å². The number of nitrogens with one attached hydrogen (secondary N) is 1. The van der Waals surface area contributed by atoms with Crippen molar-refractivity contribution in [1.29, 1.82) is 0 Å². The zero-order chi connectivity index (χ0) is 21.9. The van der Waals surface area contributed by atoms with Crippen LogP contribution >= 0.6 is 0 Å². The van der Waals surface area contributed by atoms with Gasteiger partial charge >= 0.3 is 0 Å². The second-order valence-corrected chi connectivity index (χ2v) is 9.43. The summed E-state index contributed by atoms with van der Waals surface area (Å²) in [5.74, 6) is 0.525. The first-order chi connectivity index (χ1) is 14.2. The normalized spacial score (nSPS) is 11.8. The Bertz CT molecular complexity index is 1120. The molecule has 1 N–H and O–H groups in total. The highest BCUT2D eigenvalue weighted by Crippen LogP contribution is 2.19. The zero-order valence-corrected chi connectivity index (χ0v) is 18.1. The third-order valence-corrected chi connectivity index (χ3v) is 6.32. The summed E-state index contributed by atoms with van der Waals surface area (Å²) >= 11 is 0. The summed E-state index contributed by atoms with van der Waals surface area (Å²) in [7, 11) is -0.591. The minimum absolute atomic E-state index is 0.116. The number of benzene rings is 2. The van der Waals surface area contributed by atoms with Crippen LogP contribution in [-0.2, 0) is 21.4 Å². The van der Waals surface area contributed by atoms with Gasteiger partial charge in [0.2, 0.25) is 21.8 Å². The fraction of sp³-hybridized carbons (Fsp3) is 0.300. The molecule has 1 aromatic heterocycles. The summed E-state index contributed by atoms with van der Waals surface area (Å²) in [6.45, 7) is 4.13. The van der Waals surface area contributed by atoms with Gasteiger partial charge in [0.05, 0.1) is 4.90 Å². The molecule has 9 nitrogen and oxygen atoms in total. The maximum atomic E-state index is 12.3. The molecule has 1 amide bonds. The van der Waals surface area contributed by atoms with Crippen molar-refractivity contribution in [1.82, 2.24) is 24.5 Å². The van der Waals surface area contributed by atoms with Gasteiger partial charge in [0.1, 0.15) is 6.54 Å². The van der Waals surface area contributed by atoms with Crippen molar-refractivity contribution < 1.29 is 13.2 Å². The van der Waals surface area contributed by atoms with Gasteiger partial charge < -0.3 is 5.32 Å². The van der Waals surface area contributed by atoms with Crippen LogP contribution in [0.2, 0.25) is 0 Å². The highest BCUT2D eigenvalue weighted by Gasteiger charge is 2.17. The largest absolute Gasteiger partial charge is 0.324 e. The van der Waals surface area contributed by atoms with Gasteiger partial charge in [-0.2, -0.15) is 4.80 Å². The summed E-state index contributed by atoms with van der Waals surface area (Å²) in [4.78, 5) is 13.6. The van der Waals surface area contributed by atoms with Gasteiger partial charge in [-0.15, -0.1) is 10.2 Å². The van der Waals surface area contributed by atoms with Gasteiger partial charge in [-0.3, -0.25) is 4.79 Å². The molecule has 3 aromatic rings. The number of nitrogens with zero attached hydrogens (tertiary/aromatic N) is 5. The molecule has 0 saturated carbocycles. The second kappa shape index (κ2) is 8.72. The van der Waals surface area contributed by atoms with Crippen LogP contribution in [0.15, 0.2) is 53.4 Å². The van der Waals surface area contributed by atoms with Gasteiger partial charge in [-0.25, -0.2) is 12.7 Å². The quantitative estimate of drug-likeness (QED) is 0.619. The number of carbonyl (C=O) groups is 1. The third-order valence-electron chi connectivity index (χ3n) is 4.49. The smallest absolute Gasteiger partial charge is 0.248 e. The summed E-state index contributed by atoms with van der Waals surface area (Å²) in [5.41, 5.74) is 2.51. The van der Waals surface area contributed by atoms with E-state index in [9.17, 15) is 13.2 Å². The van der Waals surface area contributed by atoms with E-state index in [1.807, 2.05) is 24.3 Å². The average molecular weight is 429 g/mol. The van der Waals surface area contributed by atoms with Crippen LogP contribution in [-0.4, -0.2) is 52.9 Å². The van der Waals surface area contributed by atoms with Crippen molar-refractivity contribution in [3.8, 4) is 11.4 Å². The molecule has 10 heteroatoms. The fourth-order valence-electron chi connectivity index (χ4n) is 2.69. The predicted molar refractivity (Wildman–Crippen MR) is 113 cm³/mol. The lowest BCUT2D eigenvalue weighted by Gasteiger charge is -2.11.